The zero-order chi connectivity index (χ0) is 12.4. The molecule has 0 saturated carbocycles. The molecule has 2 nitrogen and oxygen atoms in total. The summed E-state index contributed by atoms with van der Waals surface area (Å²) in [5.74, 6) is 0. The molecular weight excluding hydrogens is 220 g/mol. The Morgan fingerprint density at radius 1 is 1.17 bits per heavy atom. The minimum Gasteiger partial charge on any atom is -0.351 e. The maximum atomic E-state index is 6.15. The molecule has 1 unspecified atom stereocenters. The molecule has 1 atom stereocenters. The normalized spacial score (nSPS) is 18.6. The minimum atomic E-state index is 0.256. The molecule has 0 fully saturated rings. The van der Waals surface area contributed by atoms with Gasteiger partial charge in [-0.1, -0.05) is 30.3 Å². The van der Waals surface area contributed by atoms with Crippen molar-refractivity contribution in [1.82, 2.24) is 4.57 Å². The quantitative estimate of drug-likeness (QED) is 0.878. The molecule has 94 valence electrons. The van der Waals surface area contributed by atoms with E-state index in [-0.39, 0.29) is 6.04 Å². The van der Waals surface area contributed by atoms with Gasteiger partial charge in [0, 0.05) is 24.5 Å². The third-order valence-electron chi connectivity index (χ3n) is 3.93. The van der Waals surface area contributed by atoms with E-state index in [0.717, 1.165) is 19.4 Å². The average Bonchev–Trinajstić information content (AvgIpc) is 2.82. The maximum Gasteiger partial charge on any atom is 0.0312 e. The van der Waals surface area contributed by atoms with Crippen molar-refractivity contribution >= 4 is 0 Å². The average molecular weight is 240 g/mol. The van der Waals surface area contributed by atoms with Crippen LogP contribution in [0.2, 0.25) is 0 Å². The number of hydrogen-bond donors (Lipinski definition) is 1. The van der Waals surface area contributed by atoms with Gasteiger partial charge in [-0.25, -0.2) is 0 Å². The first-order valence-electron chi connectivity index (χ1n) is 6.82. The van der Waals surface area contributed by atoms with E-state index in [4.69, 9.17) is 5.73 Å². The molecule has 0 saturated heterocycles. The summed E-state index contributed by atoms with van der Waals surface area (Å²) in [6.07, 6.45) is 6.85. The fourth-order valence-electron chi connectivity index (χ4n) is 2.90. The van der Waals surface area contributed by atoms with Crippen LogP contribution in [-0.2, 0) is 19.4 Å². The molecule has 2 heteroatoms. The molecule has 2 aromatic rings. The van der Waals surface area contributed by atoms with Gasteiger partial charge in [0.15, 0.2) is 0 Å². The molecule has 0 radical (unpaired) electrons. The molecular formula is C16H20N2. The smallest absolute Gasteiger partial charge is 0.0312 e. The molecule has 1 aliphatic carbocycles. The number of rotatable bonds is 3. The zero-order valence-corrected chi connectivity index (χ0v) is 10.7. The second-order valence-electron chi connectivity index (χ2n) is 5.15. The molecule has 3 rings (SSSR count). The Morgan fingerprint density at radius 3 is 2.83 bits per heavy atom. The Labute approximate surface area is 108 Å². The van der Waals surface area contributed by atoms with Crippen molar-refractivity contribution in [3.63, 3.8) is 0 Å². The molecule has 0 bridgehead atoms. The first kappa shape index (κ1) is 11.5. The number of nitrogens with zero attached hydrogens (tertiary/aromatic N) is 1. The van der Waals surface area contributed by atoms with Crippen molar-refractivity contribution in [2.45, 2.75) is 38.3 Å². The Balaban J connectivity index is 1.74. The highest BCUT2D eigenvalue weighted by Gasteiger charge is 2.19. The van der Waals surface area contributed by atoms with Gasteiger partial charge in [-0.15, -0.1) is 0 Å². The number of benzene rings is 1. The molecule has 18 heavy (non-hydrogen) atoms. The third-order valence-corrected chi connectivity index (χ3v) is 3.93. The largest absolute Gasteiger partial charge is 0.351 e. The lowest BCUT2D eigenvalue weighted by Gasteiger charge is -2.21. The van der Waals surface area contributed by atoms with Gasteiger partial charge in [-0.05, 0) is 42.9 Å². The number of nitrogens with two attached hydrogens (primary N) is 1. The standard InChI is InChI=1S/C16H20N2/c17-15-7-4-8-16-14(15)10-12-18(16)11-9-13-5-2-1-3-6-13/h1-3,5-6,10,12,15H,4,7-9,11,17H2. The summed E-state index contributed by atoms with van der Waals surface area (Å²) in [5.41, 5.74) is 10.4. The van der Waals surface area contributed by atoms with E-state index in [1.807, 2.05) is 0 Å². The van der Waals surface area contributed by atoms with Crippen molar-refractivity contribution in [2.75, 3.05) is 0 Å². The topological polar surface area (TPSA) is 30.9 Å². The van der Waals surface area contributed by atoms with Gasteiger partial charge in [0.05, 0.1) is 0 Å². The number of hydrogen-bond acceptors (Lipinski definition) is 1. The second-order valence-corrected chi connectivity index (χ2v) is 5.15. The van der Waals surface area contributed by atoms with Gasteiger partial charge in [0.25, 0.3) is 0 Å². The van der Waals surface area contributed by atoms with Crippen molar-refractivity contribution in [3.05, 3.63) is 59.4 Å². The fraction of sp³-hybridized carbons (Fsp3) is 0.375. The highest BCUT2D eigenvalue weighted by atomic mass is 15.0. The van der Waals surface area contributed by atoms with Crippen LogP contribution < -0.4 is 5.73 Å². The van der Waals surface area contributed by atoms with Crippen LogP contribution in [0.1, 0.15) is 35.7 Å². The van der Waals surface area contributed by atoms with Gasteiger partial charge >= 0.3 is 0 Å². The van der Waals surface area contributed by atoms with E-state index in [1.54, 1.807) is 0 Å². The van der Waals surface area contributed by atoms with Gasteiger partial charge in [0.1, 0.15) is 0 Å². The Kier molecular flexibility index (Phi) is 3.20. The Morgan fingerprint density at radius 2 is 2.00 bits per heavy atom. The second kappa shape index (κ2) is 4.99. The number of fused-ring (bicyclic) bond motifs is 1. The van der Waals surface area contributed by atoms with E-state index < -0.39 is 0 Å². The van der Waals surface area contributed by atoms with Gasteiger partial charge in [0.2, 0.25) is 0 Å². The van der Waals surface area contributed by atoms with Crippen LogP contribution in [0.3, 0.4) is 0 Å². The maximum absolute atomic E-state index is 6.15. The van der Waals surface area contributed by atoms with E-state index >= 15 is 0 Å². The number of aromatic nitrogens is 1. The summed E-state index contributed by atoms with van der Waals surface area (Å²) < 4.78 is 2.39. The predicted octanol–water partition coefficient (Wildman–Crippen LogP) is 3.07. The molecule has 1 aromatic carbocycles. The number of aryl methyl sites for hydroxylation is 2. The summed E-state index contributed by atoms with van der Waals surface area (Å²) in [6.45, 7) is 1.06. The van der Waals surface area contributed by atoms with Crippen molar-refractivity contribution in [2.24, 2.45) is 5.73 Å². The first-order valence-corrected chi connectivity index (χ1v) is 6.82. The van der Waals surface area contributed by atoms with E-state index in [9.17, 15) is 0 Å². The molecule has 0 aliphatic heterocycles. The van der Waals surface area contributed by atoms with Gasteiger partial charge in [-0.3, -0.25) is 0 Å². The van der Waals surface area contributed by atoms with Crippen LogP contribution in [0.4, 0.5) is 0 Å². The Hall–Kier alpha value is -1.54. The predicted molar refractivity (Wildman–Crippen MR) is 74.4 cm³/mol. The van der Waals surface area contributed by atoms with Crippen molar-refractivity contribution < 1.29 is 0 Å². The highest BCUT2D eigenvalue weighted by Crippen LogP contribution is 2.28. The van der Waals surface area contributed by atoms with E-state index in [2.05, 4.69) is 47.2 Å². The van der Waals surface area contributed by atoms with Crippen LogP contribution >= 0.6 is 0 Å². The lowest BCUT2D eigenvalue weighted by Crippen LogP contribution is -2.18. The van der Waals surface area contributed by atoms with Crippen LogP contribution in [-0.4, -0.2) is 4.57 Å². The van der Waals surface area contributed by atoms with Crippen molar-refractivity contribution in [3.8, 4) is 0 Å². The highest BCUT2D eigenvalue weighted by molar-refractivity contribution is 5.28. The van der Waals surface area contributed by atoms with E-state index in [0.29, 0.717) is 0 Å². The van der Waals surface area contributed by atoms with Crippen molar-refractivity contribution in [1.29, 1.82) is 0 Å². The van der Waals surface area contributed by atoms with Crippen LogP contribution in [0.25, 0.3) is 0 Å². The van der Waals surface area contributed by atoms with Gasteiger partial charge in [-0.2, -0.15) is 0 Å². The summed E-state index contributed by atoms with van der Waals surface area (Å²) in [4.78, 5) is 0. The van der Waals surface area contributed by atoms with Crippen LogP contribution in [0.5, 0.6) is 0 Å². The summed E-state index contributed by atoms with van der Waals surface area (Å²) >= 11 is 0. The SMILES string of the molecule is NC1CCCc2c1ccn2CCc1ccccc1. The van der Waals surface area contributed by atoms with Crippen LogP contribution in [0, 0.1) is 0 Å². The molecule has 1 aliphatic rings. The fourth-order valence-corrected chi connectivity index (χ4v) is 2.90. The van der Waals surface area contributed by atoms with Crippen LogP contribution in [0.15, 0.2) is 42.6 Å². The first-order chi connectivity index (χ1) is 8.84. The van der Waals surface area contributed by atoms with Gasteiger partial charge < -0.3 is 10.3 Å². The third kappa shape index (κ3) is 2.21. The molecule has 1 aromatic heterocycles. The minimum absolute atomic E-state index is 0.256. The lowest BCUT2D eigenvalue weighted by molar-refractivity contribution is 0.539. The Bertz CT molecular complexity index is 513. The summed E-state index contributed by atoms with van der Waals surface area (Å²) in [5, 5.41) is 0. The van der Waals surface area contributed by atoms with E-state index in [1.165, 1.54) is 29.7 Å². The lowest BCUT2D eigenvalue weighted by atomic mass is 9.93. The molecule has 2 N–H and O–H groups in total. The monoisotopic (exact) mass is 240 g/mol. The molecule has 1 heterocycles. The summed E-state index contributed by atoms with van der Waals surface area (Å²) in [6, 6.07) is 13.1. The molecule has 0 amide bonds. The zero-order valence-electron chi connectivity index (χ0n) is 10.7. The molecule has 0 spiro atoms. The summed E-state index contributed by atoms with van der Waals surface area (Å²) in [7, 11) is 0.